The molecular formula is C10H21Br. The fourth-order valence-electron chi connectivity index (χ4n) is 1.82. The predicted molar refractivity (Wildman–Crippen MR) is 56.3 cm³/mol. The van der Waals surface area contributed by atoms with Gasteiger partial charge in [0.1, 0.15) is 0 Å². The summed E-state index contributed by atoms with van der Waals surface area (Å²) in [5.74, 6) is 1.05. The van der Waals surface area contributed by atoms with E-state index in [0.717, 1.165) is 10.7 Å². The lowest BCUT2D eigenvalue weighted by Gasteiger charge is -2.24. The highest BCUT2D eigenvalue weighted by molar-refractivity contribution is 9.09. The Hall–Kier alpha value is 0.480. The van der Waals surface area contributed by atoms with Crippen LogP contribution in [-0.4, -0.2) is 4.83 Å². The molecule has 0 unspecified atom stereocenters. The third kappa shape index (κ3) is 4.15. The standard InChI is InChI=1S/C9H17Br.CH4/c1-2-3-8-4-6-9(10)7-5-8;/h8-9H,2-7H2,1H3;1H4/t8-,9-;. The minimum absolute atomic E-state index is 0. The van der Waals surface area contributed by atoms with Crippen molar-refractivity contribution in [1.82, 2.24) is 0 Å². The van der Waals surface area contributed by atoms with Crippen molar-refractivity contribution in [3.8, 4) is 0 Å². The maximum atomic E-state index is 3.67. The Morgan fingerprint density at radius 2 is 1.73 bits per heavy atom. The first kappa shape index (κ1) is 11.5. The molecule has 0 amide bonds. The smallest absolute Gasteiger partial charge is 0.0146 e. The molecule has 0 aromatic rings. The fraction of sp³-hybridized carbons (Fsp3) is 1.00. The zero-order valence-electron chi connectivity index (χ0n) is 6.78. The van der Waals surface area contributed by atoms with Gasteiger partial charge in [0.25, 0.3) is 0 Å². The topological polar surface area (TPSA) is 0 Å². The van der Waals surface area contributed by atoms with Gasteiger partial charge in [0.2, 0.25) is 0 Å². The molecule has 1 aliphatic carbocycles. The van der Waals surface area contributed by atoms with Gasteiger partial charge in [-0.15, -0.1) is 0 Å². The van der Waals surface area contributed by atoms with Gasteiger partial charge in [0, 0.05) is 4.83 Å². The van der Waals surface area contributed by atoms with Crippen LogP contribution in [0.3, 0.4) is 0 Å². The average Bonchev–Trinajstić information content (AvgIpc) is 1.95. The molecule has 0 nitrogen and oxygen atoms in total. The number of hydrogen-bond donors (Lipinski definition) is 0. The van der Waals surface area contributed by atoms with E-state index in [-0.39, 0.29) is 7.43 Å². The van der Waals surface area contributed by atoms with Crippen LogP contribution in [0.2, 0.25) is 0 Å². The highest BCUT2D eigenvalue weighted by Gasteiger charge is 2.17. The van der Waals surface area contributed by atoms with Crippen LogP contribution >= 0.6 is 15.9 Å². The molecule has 0 radical (unpaired) electrons. The molecule has 1 fully saturated rings. The highest BCUT2D eigenvalue weighted by atomic mass is 79.9. The molecule has 0 atom stereocenters. The second kappa shape index (κ2) is 6.05. The Morgan fingerprint density at radius 3 is 2.18 bits per heavy atom. The van der Waals surface area contributed by atoms with Crippen LogP contribution in [0.5, 0.6) is 0 Å². The van der Waals surface area contributed by atoms with Gasteiger partial charge < -0.3 is 0 Å². The number of hydrogen-bond acceptors (Lipinski definition) is 0. The minimum Gasteiger partial charge on any atom is -0.0891 e. The summed E-state index contributed by atoms with van der Waals surface area (Å²) < 4.78 is 0. The van der Waals surface area contributed by atoms with Crippen molar-refractivity contribution in [1.29, 1.82) is 0 Å². The first-order valence-corrected chi connectivity index (χ1v) is 5.38. The summed E-state index contributed by atoms with van der Waals surface area (Å²) >= 11 is 3.67. The molecule has 0 heterocycles. The van der Waals surface area contributed by atoms with Gasteiger partial charge in [-0.25, -0.2) is 0 Å². The van der Waals surface area contributed by atoms with Gasteiger partial charge >= 0.3 is 0 Å². The minimum atomic E-state index is 0. The van der Waals surface area contributed by atoms with Crippen LogP contribution in [0.1, 0.15) is 52.9 Å². The normalized spacial score (nSPS) is 31.1. The maximum absolute atomic E-state index is 3.67. The Bertz CT molecular complexity index is 82.9. The van der Waals surface area contributed by atoms with Crippen molar-refractivity contribution in [2.24, 2.45) is 5.92 Å². The third-order valence-corrected chi connectivity index (χ3v) is 3.39. The van der Waals surface area contributed by atoms with Gasteiger partial charge in [-0.3, -0.25) is 0 Å². The van der Waals surface area contributed by atoms with E-state index in [9.17, 15) is 0 Å². The van der Waals surface area contributed by atoms with Crippen LogP contribution in [0.25, 0.3) is 0 Å². The van der Waals surface area contributed by atoms with Gasteiger partial charge in [-0.05, 0) is 31.6 Å². The van der Waals surface area contributed by atoms with Crippen molar-refractivity contribution >= 4 is 15.9 Å². The zero-order valence-corrected chi connectivity index (χ0v) is 8.36. The Kier molecular flexibility index (Phi) is 6.31. The molecule has 0 bridgehead atoms. The number of alkyl halides is 1. The van der Waals surface area contributed by atoms with Crippen LogP contribution in [0.4, 0.5) is 0 Å². The molecule has 0 spiro atoms. The zero-order chi connectivity index (χ0) is 7.40. The van der Waals surface area contributed by atoms with Gasteiger partial charge in [-0.2, -0.15) is 0 Å². The summed E-state index contributed by atoms with van der Waals surface area (Å²) in [6.07, 6.45) is 8.57. The van der Waals surface area contributed by atoms with E-state index in [1.165, 1.54) is 38.5 Å². The summed E-state index contributed by atoms with van der Waals surface area (Å²) in [4.78, 5) is 0.834. The van der Waals surface area contributed by atoms with Crippen molar-refractivity contribution < 1.29 is 0 Å². The first-order chi connectivity index (χ1) is 4.83. The summed E-state index contributed by atoms with van der Waals surface area (Å²) in [6, 6.07) is 0. The summed E-state index contributed by atoms with van der Waals surface area (Å²) in [5.41, 5.74) is 0. The van der Waals surface area contributed by atoms with Gasteiger partial charge in [0.05, 0.1) is 0 Å². The molecule has 0 aliphatic heterocycles. The summed E-state index contributed by atoms with van der Waals surface area (Å²) in [5, 5.41) is 0. The van der Waals surface area contributed by atoms with E-state index in [2.05, 4.69) is 22.9 Å². The maximum Gasteiger partial charge on any atom is 0.0146 e. The van der Waals surface area contributed by atoms with Crippen molar-refractivity contribution in [3.63, 3.8) is 0 Å². The average molecular weight is 221 g/mol. The number of rotatable bonds is 2. The fourth-order valence-corrected chi connectivity index (χ4v) is 2.35. The van der Waals surface area contributed by atoms with E-state index < -0.39 is 0 Å². The molecule has 1 heteroatoms. The second-order valence-corrected chi connectivity index (χ2v) is 4.70. The predicted octanol–water partition coefficient (Wildman–Crippen LogP) is 4.38. The molecular weight excluding hydrogens is 200 g/mol. The lowest BCUT2D eigenvalue weighted by atomic mass is 9.86. The highest BCUT2D eigenvalue weighted by Crippen LogP contribution is 2.30. The van der Waals surface area contributed by atoms with Crippen LogP contribution in [0.15, 0.2) is 0 Å². The van der Waals surface area contributed by atoms with E-state index in [0.29, 0.717) is 0 Å². The Balaban J connectivity index is 0.000001000. The summed E-state index contributed by atoms with van der Waals surface area (Å²) in [7, 11) is 0. The molecule has 0 aromatic carbocycles. The Morgan fingerprint density at radius 1 is 1.18 bits per heavy atom. The molecule has 11 heavy (non-hydrogen) atoms. The summed E-state index contributed by atoms with van der Waals surface area (Å²) in [6.45, 7) is 2.29. The number of halogens is 1. The first-order valence-electron chi connectivity index (χ1n) is 4.47. The van der Waals surface area contributed by atoms with Crippen LogP contribution in [0, 0.1) is 5.92 Å². The van der Waals surface area contributed by atoms with Crippen molar-refractivity contribution in [2.45, 2.75) is 57.7 Å². The lowest BCUT2D eigenvalue weighted by molar-refractivity contribution is 0.345. The van der Waals surface area contributed by atoms with Crippen molar-refractivity contribution in [2.75, 3.05) is 0 Å². The van der Waals surface area contributed by atoms with Crippen LogP contribution in [-0.2, 0) is 0 Å². The lowest BCUT2D eigenvalue weighted by Crippen LogP contribution is -2.13. The van der Waals surface area contributed by atoms with Crippen molar-refractivity contribution in [3.05, 3.63) is 0 Å². The molecule has 68 valence electrons. The second-order valence-electron chi connectivity index (χ2n) is 3.41. The largest absolute Gasteiger partial charge is 0.0891 e. The van der Waals surface area contributed by atoms with Crippen LogP contribution < -0.4 is 0 Å². The van der Waals surface area contributed by atoms with E-state index in [4.69, 9.17) is 0 Å². The molecule has 1 aliphatic rings. The molecule has 1 rings (SSSR count). The monoisotopic (exact) mass is 220 g/mol. The van der Waals surface area contributed by atoms with E-state index in [1.54, 1.807) is 0 Å². The molecule has 1 saturated carbocycles. The van der Waals surface area contributed by atoms with Gasteiger partial charge in [0.15, 0.2) is 0 Å². The third-order valence-electron chi connectivity index (χ3n) is 2.47. The van der Waals surface area contributed by atoms with E-state index in [1.807, 2.05) is 0 Å². The quantitative estimate of drug-likeness (QED) is 0.607. The molecule has 0 aromatic heterocycles. The molecule has 0 N–H and O–H groups in total. The van der Waals surface area contributed by atoms with Gasteiger partial charge in [-0.1, -0.05) is 43.1 Å². The SMILES string of the molecule is C.CCC[C@H]1CC[C@H](Br)CC1. The molecule has 0 saturated heterocycles. The Labute approximate surface area is 79.9 Å². The van der Waals surface area contributed by atoms with E-state index >= 15 is 0 Å².